The molecular weight excluding hydrogens is 360 g/mol. The lowest BCUT2D eigenvalue weighted by Crippen LogP contribution is -2.35. The molecule has 1 aliphatic rings. The van der Waals surface area contributed by atoms with E-state index in [-0.39, 0.29) is 36.8 Å². The van der Waals surface area contributed by atoms with Crippen LogP contribution in [-0.4, -0.2) is 58.3 Å². The average Bonchev–Trinajstić information content (AvgIpc) is 3.24. The molecule has 1 fully saturated rings. The number of carbonyl (C=O) groups excluding carboxylic acids is 2. The van der Waals surface area contributed by atoms with Gasteiger partial charge < -0.3 is 20.1 Å². The Kier molecular flexibility index (Phi) is 6.76. The summed E-state index contributed by atoms with van der Waals surface area (Å²) in [5.74, 6) is 0.286. The SMILES string of the molecule is Cc1cc(NC(=O)CN(C)C(=O)c2ccn(C3CCCNC3)n2)no1.Cl. The summed E-state index contributed by atoms with van der Waals surface area (Å²) in [5, 5.41) is 14.0. The lowest BCUT2D eigenvalue weighted by molar-refractivity contribution is -0.116. The first kappa shape index (κ1) is 19.9. The Morgan fingerprint density at radius 2 is 2.31 bits per heavy atom. The van der Waals surface area contributed by atoms with E-state index < -0.39 is 0 Å². The van der Waals surface area contributed by atoms with Crippen LogP contribution in [0.1, 0.15) is 35.1 Å². The minimum absolute atomic E-state index is 0. The highest BCUT2D eigenvalue weighted by atomic mass is 35.5. The molecule has 0 bridgehead atoms. The number of halogens is 1. The Morgan fingerprint density at radius 1 is 1.50 bits per heavy atom. The van der Waals surface area contributed by atoms with E-state index in [9.17, 15) is 9.59 Å². The third-order valence-electron chi connectivity index (χ3n) is 4.10. The molecule has 9 nitrogen and oxygen atoms in total. The standard InChI is InChI=1S/C16H22N6O3.ClH/c1-11-8-14(20-25-11)18-15(23)10-21(2)16(24)13-5-7-22(19-13)12-4-3-6-17-9-12;/h5,7-8,12,17H,3-4,6,9-10H2,1-2H3,(H,18,20,23);1H. The van der Waals surface area contributed by atoms with Crippen molar-refractivity contribution in [2.24, 2.45) is 0 Å². The van der Waals surface area contributed by atoms with E-state index in [2.05, 4.69) is 20.9 Å². The van der Waals surface area contributed by atoms with Crippen molar-refractivity contribution in [1.29, 1.82) is 0 Å². The number of amides is 2. The van der Waals surface area contributed by atoms with Gasteiger partial charge >= 0.3 is 0 Å². The van der Waals surface area contributed by atoms with Crippen LogP contribution in [0.3, 0.4) is 0 Å². The van der Waals surface area contributed by atoms with Gasteiger partial charge in [-0.1, -0.05) is 5.16 Å². The molecule has 0 radical (unpaired) electrons. The Hall–Kier alpha value is -2.39. The molecule has 0 aromatic carbocycles. The molecule has 10 heteroatoms. The highest BCUT2D eigenvalue weighted by Gasteiger charge is 2.21. The molecule has 1 atom stereocenters. The van der Waals surface area contributed by atoms with Crippen LogP contribution in [0.2, 0.25) is 0 Å². The van der Waals surface area contributed by atoms with Crippen molar-refractivity contribution in [3.05, 3.63) is 29.8 Å². The molecule has 2 amide bonds. The number of nitrogens with one attached hydrogen (secondary N) is 2. The second-order valence-electron chi connectivity index (χ2n) is 6.21. The van der Waals surface area contributed by atoms with Gasteiger partial charge in [0.1, 0.15) is 11.5 Å². The third-order valence-corrected chi connectivity index (χ3v) is 4.10. The van der Waals surface area contributed by atoms with Crippen LogP contribution in [0.25, 0.3) is 0 Å². The lowest BCUT2D eigenvalue weighted by atomic mass is 10.1. The van der Waals surface area contributed by atoms with Crippen molar-refractivity contribution in [2.75, 3.05) is 32.0 Å². The lowest BCUT2D eigenvalue weighted by Gasteiger charge is -2.23. The summed E-state index contributed by atoms with van der Waals surface area (Å²) in [4.78, 5) is 25.8. The second-order valence-corrected chi connectivity index (χ2v) is 6.21. The Bertz CT molecular complexity index is 753. The predicted molar refractivity (Wildman–Crippen MR) is 97.4 cm³/mol. The van der Waals surface area contributed by atoms with Crippen LogP contribution in [0.5, 0.6) is 0 Å². The van der Waals surface area contributed by atoms with Gasteiger partial charge in [-0.25, -0.2) is 0 Å². The van der Waals surface area contributed by atoms with E-state index in [4.69, 9.17) is 4.52 Å². The van der Waals surface area contributed by atoms with E-state index in [1.165, 1.54) is 4.90 Å². The van der Waals surface area contributed by atoms with Crippen molar-refractivity contribution in [2.45, 2.75) is 25.8 Å². The van der Waals surface area contributed by atoms with Gasteiger partial charge in [0.15, 0.2) is 5.82 Å². The number of anilines is 1. The van der Waals surface area contributed by atoms with E-state index in [0.717, 1.165) is 25.9 Å². The topological polar surface area (TPSA) is 105 Å². The van der Waals surface area contributed by atoms with Gasteiger partial charge in [-0.3, -0.25) is 14.3 Å². The first-order valence-electron chi connectivity index (χ1n) is 8.27. The van der Waals surface area contributed by atoms with E-state index in [1.807, 2.05) is 10.9 Å². The molecule has 0 saturated carbocycles. The van der Waals surface area contributed by atoms with E-state index in [1.54, 1.807) is 26.1 Å². The minimum Gasteiger partial charge on any atom is -0.360 e. The fourth-order valence-electron chi connectivity index (χ4n) is 2.81. The highest BCUT2D eigenvalue weighted by Crippen LogP contribution is 2.16. The fraction of sp³-hybridized carbons (Fsp3) is 0.500. The van der Waals surface area contributed by atoms with Crippen LogP contribution in [-0.2, 0) is 4.79 Å². The molecule has 1 saturated heterocycles. The van der Waals surface area contributed by atoms with Crippen molar-refractivity contribution in [3.8, 4) is 0 Å². The number of rotatable bonds is 5. The molecule has 3 rings (SSSR count). The monoisotopic (exact) mass is 382 g/mol. The van der Waals surface area contributed by atoms with Crippen LogP contribution < -0.4 is 10.6 Å². The second kappa shape index (κ2) is 8.81. The zero-order valence-electron chi connectivity index (χ0n) is 14.8. The summed E-state index contributed by atoms with van der Waals surface area (Å²) in [6.07, 6.45) is 3.95. The first-order valence-corrected chi connectivity index (χ1v) is 8.27. The van der Waals surface area contributed by atoms with Crippen LogP contribution in [0.4, 0.5) is 5.82 Å². The number of aryl methyl sites for hydroxylation is 1. The molecule has 142 valence electrons. The number of carbonyl (C=O) groups is 2. The number of nitrogens with zero attached hydrogens (tertiary/aromatic N) is 4. The van der Waals surface area contributed by atoms with Gasteiger partial charge in [0, 0.05) is 25.9 Å². The van der Waals surface area contributed by atoms with Gasteiger partial charge in [-0.15, -0.1) is 12.4 Å². The number of likely N-dealkylation sites (N-methyl/N-ethyl adjacent to an activating group) is 1. The molecule has 2 aromatic rings. The summed E-state index contributed by atoms with van der Waals surface area (Å²) in [6, 6.07) is 3.56. The summed E-state index contributed by atoms with van der Waals surface area (Å²) < 4.78 is 6.71. The molecule has 3 heterocycles. The maximum absolute atomic E-state index is 12.5. The average molecular weight is 383 g/mol. The summed E-state index contributed by atoms with van der Waals surface area (Å²) in [7, 11) is 1.57. The molecule has 2 aromatic heterocycles. The molecule has 0 spiro atoms. The highest BCUT2D eigenvalue weighted by molar-refractivity contribution is 5.97. The van der Waals surface area contributed by atoms with Crippen molar-refractivity contribution < 1.29 is 14.1 Å². The van der Waals surface area contributed by atoms with Crippen molar-refractivity contribution in [1.82, 2.24) is 25.2 Å². The molecule has 1 aliphatic heterocycles. The van der Waals surface area contributed by atoms with E-state index in [0.29, 0.717) is 17.3 Å². The van der Waals surface area contributed by atoms with Crippen LogP contribution in [0.15, 0.2) is 22.9 Å². The molecule has 1 unspecified atom stereocenters. The quantitative estimate of drug-likeness (QED) is 0.805. The number of piperidine rings is 1. The van der Waals surface area contributed by atoms with Crippen molar-refractivity contribution in [3.63, 3.8) is 0 Å². The zero-order valence-corrected chi connectivity index (χ0v) is 15.6. The van der Waals surface area contributed by atoms with Gasteiger partial charge in [-0.2, -0.15) is 5.10 Å². The molecule has 2 N–H and O–H groups in total. The smallest absolute Gasteiger partial charge is 0.274 e. The van der Waals surface area contributed by atoms with Crippen LogP contribution >= 0.6 is 12.4 Å². The maximum atomic E-state index is 12.5. The number of aromatic nitrogens is 3. The minimum atomic E-state index is -0.347. The summed E-state index contributed by atoms with van der Waals surface area (Å²) in [6.45, 7) is 3.51. The maximum Gasteiger partial charge on any atom is 0.274 e. The third kappa shape index (κ3) is 4.83. The van der Waals surface area contributed by atoms with Crippen LogP contribution in [0, 0.1) is 6.92 Å². The largest absolute Gasteiger partial charge is 0.360 e. The summed E-state index contributed by atoms with van der Waals surface area (Å²) in [5.41, 5.74) is 0.332. The van der Waals surface area contributed by atoms with E-state index >= 15 is 0 Å². The normalized spacial score (nSPS) is 16.6. The predicted octanol–water partition coefficient (Wildman–Crippen LogP) is 1.24. The Morgan fingerprint density at radius 3 is 2.96 bits per heavy atom. The van der Waals surface area contributed by atoms with Gasteiger partial charge in [-0.05, 0) is 32.4 Å². The number of hydrogen-bond acceptors (Lipinski definition) is 6. The Labute approximate surface area is 157 Å². The van der Waals surface area contributed by atoms with Gasteiger partial charge in [0.25, 0.3) is 5.91 Å². The molecular formula is C16H23ClN6O3. The Balaban J connectivity index is 0.00000243. The summed E-state index contributed by atoms with van der Waals surface area (Å²) >= 11 is 0. The molecule has 26 heavy (non-hydrogen) atoms. The molecule has 0 aliphatic carbocycles. The fourth-order valence-corrected chi connectivity index (χ4v) is 2.81. The first-order chi connectivity index (χ1) is 12.0. The van der Waals surface area contributed by atoms with Gasteiger partial charge in [0.2, 0.25) is 5.91 Å². The number of hydrogen-bond donors (Lipinski definition) is 2. The van der Waals surface area contributed by atoms with Crippen molar-refractivity contribution >= 4 is 30.0 Å². The zero-order chi connectivity index (χ0) is 17.8. The van der Waals surface area contributed by atoms with Gasteiger partial charge in [0.05, 0.1) is 12.6 Å².